The molecule has 0 saturated carbocycles. The third kappa shape index (κ3) is 5.81. The zero-order chi connectivity index (χ0) is 14.4. The molecule has 0 aliphatic carbocycles. The van der Waals surface area contributed by atoms with Crippen molar-refractivity contribution in [3.05, 3.63) is 65.5 Å². The van der Waals surface area contributed by atoms with E-state index in [0.717, 1.165) is 11.1 Å². The smallest absolute Gasteiger partial charge is 0.316 e. The number of primary amides is 1. The molecule has 0 radical (unpaired) electrons. The first-order valence-corrected chi connectivity index (χ1v) is 6.24. The van der Waals surface area contributed by atoms with E-state index in [0.29, 0.717) is 18.8 Å². The molecule has 0 aliphatic rings. The summed E-state index contributed by atoms with van der Waals surface area (Å²) in [4.78, 5) is 10.7. The van der Waals surface area contributed by atoms with Crippen molar-refractivity contribution < 1.29 is 9.18 Å². The minimum Gasteiger partial charge on any atom is -0.351 e. The first kappa shape index (κ1) is 16.9. The fourth-order valence-electron chi connectivity index (χ4n) is 1.85. The van der Waals surface area contributed by atoms with E-state index in [4.69, 9.17) is 5.73 Å². The zero-order valence-corrected chi connectivity index (χ0v) is 12.1. The van der Waals surface area contributed by atoms with Crippen molar-refractivity contribution in [3.63, 3.8) is 0 Å². The Bertz CT molecular complexity index is 590. The van der Waals surface area contributed by atoms with Gasteiger partial charge in [0.1, 0.15) is 5.82 Å². The van der Waals surface area contributed by atoms with E-state index in [-0.39, 0.29) is 18.2 Å². The van der Waals surface area contributed by atoms with Crippen LogP contribution in [0, 0.1) is 5.82 Å². The van der Waals surface area contributed by atoms with Crippen LogP contribution in [0.1, 0.15) is 11.1 Å². The molecule has 0 heterocycles. The molecule has 0 spiro atoms. The van der Waals surface area contributed by atoms with Gasteiger partial charge in [-0.05, 0) is 35.4 Å². The third-order valence-electron chi connectivity index (χ3n) is 2.77. The van der Waals surface area contributed by atoms with Crippen molar-refractivity contribution in [2.75, 3.05) is 5.32 Å². The second-order valence-corrected chi connectivity index (χ2v) is 4.42. The van der Waals surface area contributed by atoms with Gasteiger partial charge in [-0.1, -0.05) is 24.3 Å². The summed E-state index contributed by atoms with van der Waals surface area (Å²) in [7, 11) is 0. The molecular formula is C15H17ClFN3O. The molecule has 0 unspecified atom stereocenters. The lowest BCUT2D eigenvalue weighted by molar-refractivity contribution is 0.259. The van der Waals surface area contributed by atoms with Gasteiger partial charge in [0.25, 0.3) is 0 Å². The Labute approximate surface area is 129 Å². The Morgan fingerprint density at radius 2 is 1.71 bits per heavy atom. The van der Waals surface area contributed by atoms with Gasteiger partial charge in [-0.2, -0.15) is 0 Å². The van der Waals surface area contributed by atoms with E-state index < -0.39 is 6.03 Å². The van der Waals surface area contributed by atoms with Gasteiger partial charge in [-0.3, -0.25) is 0 Å². The third-order valence-corrected chi connectivity index (χ3v) is 2.77. The van der Waals surface area contributed by atoms with Gasteiger partial charge in [0.2, 0.25) is 0 Å². The minimum absolute atomic E-state index is 0. The van der Waals surface area contributed by atoms with E-state index in [1.165, 1.54) is 12.1 Å². The molecule has 0 aromatic heterocycles. The molecule has 6 heteroatoms. The van der Waals surface area contributed by atoms with Crippen molar-refractivity contribution in [2.24, 2.45) is 5.73 Å². The van der Waals surface area contributed by atoms with Crippen LogP contribution >= 0.6 is 12.4 Å². The highest BCUT2D eigenvalue weighted by molar-refractivity contribution is 5.87. The number of halogens is 2. The molecule has 2 aromatic rings. The van der Waals surface area contributed by atoms with Crippen molar-refractivity contribution in [1.82, 2.24) is 5.32 Å². The van der Waals surface area contributed by atoms with Crippen LogP contribution in [0.3, 0.4) is 0 Å². The highest BCUT2D eigenvalue weighted by Crippen LogP contribution is 2.09. The number of amides is 2. The molecule has 2 rings (SSSR count). The summed E-state index contributed by atoms with van der Waals surface area (Å²) in [6.45, 7) is 1.26. The maximum atomic E-state index is 13.0. The molecule has 112 valence electrons. The average Bonchev–Trinajstić information content (AvgIpc) is 2.40. The van der Waals surface area contributed by atoms with E-state index in [2.05, 4.69) is 10.6 Å². The second-order valence-electron chi connectivity index (χ2n) is 4.42. The van der Waals surface area contributed by atoms with Crippen LogP contribution in [0.2, 0.25) is 0 Å². The number of anilines is 1. The maximum Gasteiger partial charge on any atom is 0.316 e. The van der Waals surface area contributed by atoms with E-state index >= 15 is 0 Å². The predicted molar refractivity (Wildman–Crippen MR) is 83.8 cm³/mol. The summed E-state index contributed by atoms with van der Waals surface area (Å²) in [5.41, 5.74) is 7.65. The van der Waals surface area contributed by atoms with Gasteiger partial charge < -0.3 is 16.4 Å². The molecule has 0 aliphatic heterocycles. The molecule has 0 fully saturated rings. The van der Waals surface area contributed by atoms with Gasteiger partial charge in [-0.25, -0.2) is 9.18 Å². The van der Waals surface area contributed by atoms with Crippen molar-refractivity contribution in [2.45, 2.75) is 13.1 Å². The Balaban J connectivity index is 0.00000220. The molecule has 2 aromatic carbocycles. The molecule has 0 saturated heterocycles. The Kier molecular flexibility index (Phi) is 6.65. The normalized spacial score (nSPS) is 9.76. The predicted octanol–water partition coefficient (Wildman–Crippen LogP) is 3.03. The Morgan fingerprint density at radius 1 is 1.05 bits per heavy atom. The van der Waals surface area contributed by atoms with E-state index in [1.54, 1.807) is 18.2 Å². The van der Waals surface area contributed by atoms with E-state index in [1.807, 2.05) is 18.2 Å². The average molecular weight is 310 g/mol. The molecule has 21 heavy (non-hydrogen) atoms. The Hall–Kier alpha value is -2.11. The Morgan fingerprint density at radius 3 is 2.33 bits per heavy atom. The lowest BCUT2D eigenvalue weighted by Gasteiger charge is -2.07. The summed E-state index contributed by atoms with van der Waals surface area (Å²) >= 11 is 0. The SMILES string of the molecule is Cl.NC(=O)Nc1ccc(CNCc2cccc(F)c2)cc1. The summed E-state index contributed by atoms with van der Waals surface area (Å²) in [6.07, 6.45) is 0. The van der Waals surface area contributed by atoms with Gasteiger partial charge in [0, 0.05) is 18.8 Å². The van der Waals surface area contributed by atoms with E-state index in [9.17, 15) is 9.18 Å². The number of hydrogen-bond donors (Lipinski definition) is 3. The van der Waals surface area contributed by atoms with Crippen LogP contribution in [0.15, 0.2) is 48.5 Å². The number of carbonyl (C=O) groups is 1. The number of rotatable bonds is 5. The first-order valence-electron chi connectivity index (χ1n) is 6.24. The fourth-order valence-corrected chi connectivity index (χ4v) is 1.85. The highest BCUT2D eigenvalue weighted by atomic mass is 35.5. The molecule has 2 amide bonds. The summed E-state index contributed by atoms with van der Waals surface area (Å²) in [5, 5.41) is 5.72. The second kappa shape index (κ2) is 8.24. The van der Waals surface area contributed by atoms with Gasteiger partial charge >= 0.3 is 6.03 Å². The number of benzene rings is 2. The zero-order valence-electron chi connectivity index (χ0n) is 11.3. The van der Waals surface area contributed by atoms with Crippen molar-refractivity contribution >= 4 is 24.1 Å². The highest BCUT2D eigenvalue weighted by Gasteiger charge is 1.98. The number of hydrogen-bond acceptors (Lipinski definition) is 2. The van der Waals surface area contributed by atoms with Crippen LogP contribution < -0.4 is 16.4 Å². The quantitative estimate of drug-likeness (QED) is 0.794. The number of urea groups is 1. The minimum atomic E-state index is -0.582. The number of carbonyl (C=O) groups excluding carboxylic acids is 1. The van der Waals surface area contributed by atoms with Crippen LogP contribution in [0.25, 0.3) is 0 Å². The van der Waals surface area contributed by atoms with Crippen LogP contribution in [0.5, 0.6) is 0 Å². The fraction of sp³-hybridized carbons (Fsp3) is 0.133. The topological polar surface area (TPSA) is 67.2 Å². The van der Waals surface area contributed by atoms with Gasteiger partial charge in [0.05, 0.1) is 0 Å². The van der Waals surface area contributed by atoms with Crippen LogP contribution in [-0.2, 0) is 13.1 Å². The van der Waals surface area contributed by atoms with Crippen molar-refractivity contribution in [1.29, 1.82) is 0 Å². The molecule has 4 nitrogen and oxygen atoms in total. The summed E-state index contributed by atoms with van der Waals surface area (Å²) < 4.78 is 13.0. The maximum absolute atomic E-state index is 13.0. The summed E-state index contributed by atoms with van der Waals surface area (Å²) in [5.74, 6) is -0.230. The molecule has 0 bridgehead atoms. The standard InChI is InChI=1S/C15H16FN3O.ClH/c16-13-3-1-2-12(8-13)10-18-9-11-4-6-14(7-5-11)19-15(17)20;/h1-8,18H,9-10H2,(H3,17,19,20);1H. The number of nitrogens with two attached hydrogens (primary N) is 1. The molecule has 0 atom stereocenters. The molecule has 4 N–H and O–H groups in total. The lowest BCUT2D eigenvalue weighted by Crippen LogP contribution is -2.19. The van der Waals surface area contributed by atoms with Gasteiger partial charge in [-0.15, -0.1) is 12.4 Å². The van der Waals surface area contributed by atoms with Crippen molar-refractivity contribution in [3.8, 4) is 0 Å². The van der Waals surface area contributed by atoms with Crippen LogP contribution in [-0.4, -0.2) is 6.03 Å². The largest absolute Gasteiger partial charge is 0.351 e. The number of nitrogens with one attached hydrogen (secondary N) is 2. The monoisotopic (exact) mass is 309 g/mol. The molecular weight excluding hydrogens is 293 g/mol. The van der Waals surface area contributed by atoms with Crippen LogP contribution in [0.4, 0.5) is 14.9 Å². The first-order chi connectivity index (χ1) is 9.63. The lowest BCUT2D eigenvalue weighted by atomic mass is 10.2. The van der Waals surface area contributed by atoms with Gasteiger partial charge in [0.15, 0.2) is 0 Å². The summed E-state index contributed by atoms with van der Waals surface area (Å²) in [6, 6.07) is 13.3.